The molecule has 5 rings (SSSR count). The molecule has 0 saturated heterocycles. The first-order valence-corrected chi connectivity index (χ1v) is 17.6. The van der Waals surface area contributed by atoms with Crippen molar-refractivity contribution < 1.29 is 22.3 Å². The third-order valence-electron chi connectivity index (χ3n) is 11.4. The third kappa shape index (κ3) is 7.91. The van der Waals surface area contributed by atoms with Crippen LogP contribution in [0.1, 0.15) is 139 Å². The molecule has 2 aromatic rings. The molecular weight excluding hydrogens is 560 g/mol. The van der Waals surface area contributed by atoms with Crippen molar-refractivity contribution in [2.24, 2.45) is 23.7 Å². The normalized spacial score (nSPS) is 28.0. The van der Waals surface area contributed by atoms with E-state index in [0.717, 1.165) is 69.6 Å². The molecule has 0 aromatic heterocycles. The largest absolute Gasteiger partial charge is 0.491 e. The quantitative estimate of drug-likeness (QED) is 0.181. The van der Waals surface area contributed by atoms with E-state index < -0.39 is 23.3 Å². The number of allylic oxidation sites excluding steroid dienone is 2. The zero-order valence-electron chi connectivity index (χ0n) is 26.9. The van der Waals surface area contributed by atoms with Crippen LogP contribution < -0.4 is 4.74 Å². The minimum atomic E-state index is -0.844. The monoisotopic (exact) mass is 612 g/mol. The highest BCUT2D eigenvalue weighted by atomic mass is 19.2. The van der Waals surface area contributed by atoms with Gasteiger partial charge in [-0.1, -0.05) is 56.0 Å². The third-order valence-corrected chi connectivity index (χ3v) is 11.4. The van der Waals surface area contributed by atoms with E-state index in [1.165, 1.54) is 38.5 Å². The maximum absolute atomic E-state index is 14.9. The zero-order valence-corrected chi connectivity index (χ0v) is 26.9. The van der Waals surface area contributed by atoms with E-state index in [1.807, 2.05) is 25.1 Å². The molecule has 0 spiro atoms. The van der Waals surface area contributed by atoms with Gasteiger partial charge in [-0.2, -0.15) is 4.39 Å². The first-order chi connectivity index (χ1) is 21.4. The van der Waals surface area contributed by atoms with Crippen molar-refractivity contribution in [1.82, 2.24) is 0 Å². The van der Waals surface area contributed by atoms with Crippen molar-refractivity contribution in [1.29, 1.82) is 0 Å². The van der Waals surface area contributed by atoms with Crippen LogP contribution in [0.2, 0.25) is 0 Å². The number of aryl methyl sites for hydroxylation is 1. The minimum absolute atomic E-state index is 0.0101. The fourth-order valence-electron chi connectivity index (χ4n) is 8.73. The second-order valence-corrected chi connectivity index (χ2v) is 14.0. The number of rotatable bonds is 11. The SMILES string of the molecule is CC=CCCc1ccc(C2CCC(CCC3CCC(C4CCC(c5ccc(OCC)c(F)c5F)CC4)CC3)CC2)c(F)c1F. The fraction of sp³-hybridized carbons (Fsp3) is 0.641. The summed E-state index contributed by atoms with van der Waals surface area (Å²) in [5.41, 5.74) is 1.59. The molecule has 3 saturated carbocycles. The molecule has 3 fully saturated rings. The Kier molecular flexibility index (Phi) is 11.9. The molecule has 0 radical (unpaired) electrons. The highest BCUT2D eigenvalue weighted by Crippen LogP contribution is 2.46. The molecule has 44 heavy (non-hydrogen) atoms. The Hall–Kier alpha value is -2.30. The van der Waals surface area contributed by atoms with Crippen LogP contribution in [0.15, 0.2) is 36.4 Å². The molecule has 0 aliphatic heterocycles. The second-order valence-electron chi connectivity index (χ2n) is 14.0. The molecule has 0 bridgehead atoms. The van der Waals surface area contributed by atoms with Crippen molar-refractivity contribution in [3.8, 4) is 5.75 Å². The Balaban J connectivity index is 1.01. The summed E-state index contributed by atoms with van der Waals surface area (Å²) in [6.45, 7) is 4.04. The first-order valence-electron chi connectivity index (χ1n) is 17.6. The highest BCUT2D eigenvalue weighted by molar-refractivity contribution is 5.33. The van der Waals surface area contributed by atoms with Gasteiger partial charge >= 0.3 is 0 Å². The van der Waals surface area contributed by atoms with Crippen LogP contribution in [-0.2, 0) is 6.42 Å². The van der Waals surface area contributed by atoms with Crippen molar-refractivity contribution in [2.75, 3.05) is 6.61 Å². The Bertz CT molecular complexity index is 1230. The molecule has 2 aromatic carbocycles. The van der Waals surface area contributed by atoms with Gasteiger partial charge in [-0.05, 0) is 149 Å². The van der Waals surface area contributed by atoms with Crippen LogP contribution in [0.5, 0.6) is 5.75 Å². The van der Waals surface area contributed by atoms with E-state index >= 15 is 0 Å². The van der Waals surface area contributed by atoms with Crippen molar-refractivity contribution in [2.45, 2.75) is 128 Å². The van der Waals surface area contributed by atoms with E-state index in [1.54, 1.807) is 25.1 Å². The molecule has 242 valence electrons. The molecule has 0 atom stereocenters. The van der Waals surface area contributed by atoms with Gasteiger partial charge in [-0.15, -0.1) is 0 Å². The molecular formula is C39H52F4O. The molecule has 3 aliphatic carbocycles. The van der Waals surface area contributed by atoms with Gasteiger partial charge in [0.2, 0.25) is 5.82 Å². The molecule has 0 amide bonds. The number of hydrogen-bond donors (Lipinski definition) is 0. The lowest BCUT2D eigenvalue weighted by atomic mass is 9.67. The van der Waals surface area contributed by atoms with Gasteiger partial charge in [0, 0.05) is 0 Å². The summed E-state index contributed by atoms with van der Waals surface area (Å²) in [5.74, 6) is 0.427. The van der Waals surface area contributed by atoms with Crippen LogP contribution in [-0.4, -0.2) is 6.61 Å². The number of halogens is 4. The van der Waals surface area contributed by atoms with Gasteiger partial charge in [0.05, 0.1) is 6.61 Å². The Morgan fingerprint density at radius 2 is 1.14 bits per heavy atom. The lowest BCUT2D eigenvalue weighted by Crippen LogP contribution is -2.26. The predicted octanol–water partition coefficient (Wildman–Crippen LogP) is 12.0. The molecule has 3 aliphatic rings. The van der Waals surface area contributed by atoms with Gasteiger partial charge in [0.25, 0.3) is 0 Å². The van der Waals surface area contributed by atoms with Gasteiger partial charge < -0.3 is 4.74 Å². The second kappa shape index (κ2) is 15.8. The topological polar surface area (TPSA) is 9.23 Å². The minimum Gasteiger partial charge on any atom is -0.491 e. The standard InChI is InChI=1S/C39H52F4O/c1-3-5-6-7-32-22-23-33(37(41)36(32)40)30-16-12-27(13-17-30)9-8-26-10-14-28(15-11-26)29-18-20-31(21-19-29)34-24-25-35(44-4-2)39(43)38(34)42/h3,5,22-31H,4,6-21H2,1-2H3. The van der Waals surface area contributed by atoms with E-state index in [9.17, 15) is 17.6 Å². The summed E-state index contributed by atoms with van der Waals surface area (Å²) in [6.07, 6.45) is 21.2. The summed E-state index contributed by atoms with van der Waals surface area (Å²) < 4.78 is 64.1. The summed E-state index contributed by atoms with van der Waals surface area (Å²) in [4.78, 5) is 0. The van der Waals surface area contributed by atoms with Crippen molar-refractivity contribution in [3.05, 3.63) is 76.4 Å². The van der Waals surface area contributed by atoms with Crippen LogP contribution in [0.25, 0.3) is 0 Å². The first kappa shape index (κ1) is 33.1. The lowest BCUT2D eigenvalue weighted by molar-refractivity contribution is 0.150. The van der Waals surface area contributed by atoms with Crippen LogP contribution in [0.4, 0.5) is 17.6 Å². The maximum atomic E-state index is 14.9. The van der Waals surface area contributed by atoms with Crippen molar-refractivity contribution >= 4 is 0 Å². The Morgan fingerprint density at radius 3 is 1.70 bits per heavy atom. The molecule has 0 N–H and O–H groups in total. The predicted molar refractivity (Wildman–Crippen MR) is 171 cm³/mol. The Labute approximate surface area is 262 Å². The molecule has 0 heterocycles. The van der Waals surface area contributed by atoms with Gasteiger partial charge in [-0.3, -0.25) is 0 Å². The van der Waals surface area contributed by atoms with Gasteiger partial charge in [0.15, 0.2) is 23.2 Å². The average molecular weight is 613 g/mol. The zero-order chi connectivity index (χ0) is 31.1. The maximum Gasteiger partial charge on any atom is 0.200 e. The van der Waals surface area contributed by atoms with Gasteiger partial charge in [0.1, 0.15) is 0 Å². The number of hydrogen-bond acceptors (Lipinski definition) is 1. The number of ether oxygens (including phenoxy) is 1. The van der Waals surface area contributed by atoms with Gasteiger partial charge in [-0.25, -0.2) is 13.2 Å². The molecule has 5 heteroatoms. The fourth-order valence-corrected chi connectivity index (χ4v) is 8.73. The smallest absolute Gasteiger partial charge is 0.200 e. The molecule has 0 unspecified atom stereocenters. The van der Waals surface area contributed by atoms with Crippen LogP contribution >= 0.6 is 0 Å². The Morgan fingerprint density at radius 1 is 0.636 bits per heavy atom. The van der Waals surface area contributed by atoms with Crippen molar-refractivity contribution in [3.63, 3.8) is 0 Å². The highest BCUT2D eigenvalue weighted by Gasteiger charge is 2.33. The molecule has 1 nitrogen and oxygen atoms in total. The summed E-state index contributed by atoms with van der Waals surface area (Å²) >= 11 is 0. The summed E-state index contributed by atoms with van der Waals surface area (Å²) in [7, 11) is 0. The van der Waals surface area contributed by atoms with Crippen LogP contribution in [0, 0.1) is 46.9 Å². The summed E-state index contributed by atoms with van der Waals surface area (Å²) in [5, 5.41) is 0. The van der Waals surface area contributed by atoms with E-state index in [0.29, 0.717) is 41.6 Å². The lowest BCUT2D eigenvalue weighted by Gasteiger charge is -2.38. The van der Waals surface area contributed by atoms with Crippen LogP contribution in [0.3, 0.4) is 0 Å². The average Bonchev–Trinajstić information content (AvgIpc) is 3.05. The summed E-state index contributed by atoms with van der Waals surface area (Å²) in [6, 6.07) is 6.96. The van der Waals surface area contributed by atoms with E-state index in [2.05, 4.69) is 0 Å². The van der Waals surface area contributed by atoms with E-state index in [-0.39, 0.29) is 17.6 Å². The van der Waals surface area contributed by atoms with E-state index in [4.69, 9.17) is 4.74 Å². The number of benzene rings is 2.